The van der Waals surface area contributed by atoms with E-state index in [1.165, 1.54) is 24.8 Å². The van der Waals surface area contributed by atoms with E-state index in [1.807, 2.05) is 39.1 Å². The van der Waals surface area contributed by atoms with Crippen LogP contribution in [0.3, 0.4) is 0 Å². The van der Waals surface area contributed by atoms with Gasteiger partial charge in [0.25, 0.3) is 10.0 Å². The summed E-state index contributed by atoms with van der Waals surface area (Å²) in [6, 6.07) is 20.9. The first-order valence-electron chi connectivity index (χ1n) is 13.7. The maximum Gasteiger partial charge on any atom is 0.261 e. The molecule has 2 N–H and O–H groups in total. The fourth-order valence-corrected chi connectivity index (χ4v) is 6.00. The van der Waals surface area contributed by atoms with Crippen LogP contribution in [0.5, 0.6) is 11.5 Å². The van der Waals surface area contributed by atoms with E-state index in [1.54, 1.807) is 35.2 Å². The Morgan fingerprint density at radius 3 is 2.49 bits per heavy atom. The summed E-state index contributed by atoms with van der Waals surface area (Å²) < 4.78 is 40.4. The molecule has 0 unspecified atom stereocenters. The van der Waals surface area contributed by atoms with E-state index in [0.717, 1.165) is 6.54 Å². The average molecular weight is 582 g/mol. The molecule has 41 heavy (non-hydrogen) atoms. The van der Waals surface area contributed by atoms with Crippen molar-refractivity contribution in [3.05, 3.63) is 83.9 Å². The molecule has 0 radical (unpaired) electrons. The molecule has 0 saturated heterocycles. The third kappa shape index (κ3) is 7.78. The second-order valence-electron chi connectivity index (χ2n) is 10.7. The van der Waals surface area contributed by atoms with Crippen LogP contribution in [0.1, 0.15) is 25.0 Å². The molecule has 0 bridgehead atoms. The molecular weight excluding hydrogens is 542 g/mol. The van der Waals surface area contributed by atoms with Gasteiger partial charge in [-0.15, -0.1) is 0 Å². The predicted molar refractivity (Wildman–Crippen MR) is 159 cm³/mol. The first kappa shape index (κ1) is 30.4. The monoisotopic (exact) mass is 581 g/mol. The highest BCUT2D eigenvalue weighted by Gasteiger charge is 2.31. The lowest BCUT2D eigenvalue weighted by atomic mass is 10.0. The van der Waals surface area contributed by atoms with Gasteiger partial charge in [0.1, 0.15) is 17.6 Å². The van der Waals surface area contributed by atoms with Gasteiger partial charge in [-0.2, -0.15) is 0 Å². The van der Waals surface area contributed by atoms with Crippen molar-refractivity contribution >= 4 is 21.6 Å². The highest BCUT2D eigenvalue weighted by atomic mass is 32.2. The predicted octanol–water partition coefficient (Wildman–Crippen LogP) is 3.78. The van der Waals surface area contributed by atoms with Gasteiger partial charge in [-0.1, -0.05) is 37.3 Å². The number of ether oxygens (including phenoxy) is 2. The Kier molecular flexibility index (Phi) is 9.90. The van der Waals surface area contributed by atoms with E-state index < -0.39 is 10.0 Å². The number of nitrogens with one attached hydrogen (secondary N) is 1. The van der Waals surface area contributed by atoms with Crippen LogP contribution in [-0.4, -0.2) is 75.2 Å². The number of amides is 1. The van der Waals surface area contributed by atoms with Gasteiger partial charge in [0, 0.05) is 36.8 Å². The third-order valence-electron chi connectivity index (χ3n) is 7.33. The molecular formula is C31H39N3O6S. The number of carbonyl (C=O) groups excluding carboxylic acids is 1. The second kappa shape index (κ2) is 13.4. The summed E-state index contributed by atoms with van der Waals surface area (Å²) in [6.07, 6.45) is -0.250. The summed E-state index contributed by atoms with van der Waals surface area (Å²) in [5.74, 6) is 0.896. The van der Waals surface area contributed by atoms with E-state index >= 15 is 0 Å². The Bertz CT molecular complexity index is 1420. The van der Waals surface area contributed by atoms with Crippen LogP contribution in [-0.2, 0) is 27.8 Å². The minimum atomic E-state index is -3.88. The summed E-state index contributed by atoms with van der Waals surface area (Å²) in [5.41, 5.74) is 2.08. The number of rotatable bonds is 10. The van der Waals surface area contributed by atoms with E-state index in [0.29, 0.717) is 35.8 Å². The molecule has 9 nitrogen and oxygen atoms in total. The SMILES string of the molecule is COc1ccc(S(=O)(=O)Nc2ccc3c(c2)CC(=O)N([C@@H](C)CO)C[C@@H](C)[C@H](CN(C)Cc2ccccc2)O3)cc1. The number of sulfonamides is 1. The Balaban J connectivity index is 1.62. The van der Waals surface area contributed by atoms with Crippen molar-refractivity contribution in [3.8, 4) is 11.5 Å². The number of hydrogen-bond acceptors (Lipinski definition) is 7. The van der Waals surface area contributed by atoms with Crippen molar-refractivity contribution < 1.29 is 27.8 Å². The van der Waals surface area contributed by atoms with Crippen LogP contribution in [0.2, 0.25) is 0 Å². The van der Waals surface area contributed by atoms with E-state index in [9.17, 15) is 18.3 Å². The average Bonchev–Trinajstić information content (AvgIpc) is 3.00. The molecule has 0 aromatic heterocycles. The summed E-state index contributed by atoms with van der Waals surface area (Å²) >= 11 is 0. The standard InChI is InChI=1S/C31H39N3O6S/c1-22-18-34(23(2)21-35)31(36)17-25-16-26(32-41(37,38)28-13-11-27(39-4)12-14-28)10-15-29(25)40-30(22)20-33(3)19-24-8-6-5-7-9-24/h5-16,22-23,30,32,35H,17-21H2,1-4H3/t22-,23+,30+/m1/s1. The molecule has 0 spiro atoms. The van der Waals surface area contributed by atoms with Crippen LogP contribution in [0, 0.1) is 5.92 Å². The topological polar surface area (TPSA) is 108 Å². The first-order valence-corrected chi connectivity index (χ1v) is 15.2. The second-order valence-corrected chi connectivity index (χ2v) is 12.4. The quantitative estimate of drug-likeness (QED) is 0.375. The Labute approximate surface area is 242 Å². The maximum absolute atomic E-state index is 13.5. The van der Waals surface area contributed by atoms with Gasteiger partial charge in [0.2, 0.25) is 5.91 Å². The minimum Gasteiger partial charge on any atom is -0.497 e. The number of nitrogens with zero attached hydrogens (tertiary/aromatic N) is 2. The van der Waals surface area contributed by atoms with Gasteiger partial charge in [0.05, 0.1) is 31.1 Å². The molecule has 3 aromatic rings. The summed E-state index contributed by atoms with van der Waals surface area (Å²) in [7, 11) is -0.328. The fourth-order valence-electron chi connectivity index (χ4n) is 4.95. The zero-order chi connectivity index (χ0) is 29.6. The van der Waals surface area contributed by atoms with Gasteiger partial charge in [-0.25, -0.2) is 8.42 Å². The molecule has 0 fully saturated rings. The Hall–Kier alpha value is -3.60. The van der Waals surface area contributed by atoms with Gasteiger partial charge in [-0.05, 0) is 62.0 Å². The van der Waals surface area contributed by atoms with Crippen LogP contribution in [0.4, 0.5) is 5.69 Å². The minimum absolute atomic E-state index is 0.0110. The largest absolute Gasteiger partial charge is 0.497 e. The van der Waals surface area contributed by atoms with Gasteiger partial charge >= 0.3 is 0 Å². The van der Waals surface area contributed by atoms with Crippen molar-refractivity contribution in [3.63, 3.8) is 0 Å². The van der Waals surface area contributed by atoms with Crippen LogP contribution in [0.15, 0.2) is 77.7 Å². The number of likely N-dealkylation sites (N-methyl/N-ethyl adjacent to an activating group) is 1. The number of hydrogen-bond donors (Lipinski definition) is 2. The molecule has 3 aromatic carbocycles. The highest BCUT2D eigenvalue weighted by molar-refractivity contribution is 7.92. The molecule has 1 aliphatic rings. The maximum atomic E-state index is 13.5. The lowest BCUT2D eigenvalue weighted by Gasteiger charge is -2.34. The third-order valence-corrected chi connectivity index (χ3v) is 8.72. The number of carbonyl (C=O) groups is 1. The highest BCUT2D eigenvalue weighted by Crippen LogP contribution is 2.30. The summed E-state index contributed by atoms with van der Waals surface area (Å²) in [6.45, 7) is 5.48. The lowest BCUT2D eigenvalue weighted by molar-refractivity contribution is -0.134. The van der Waals surface area contributed by atoms with Crippen LogP contribution >= 0.6 is 0 Å². The Morgan fingerprint density at radius 1 is 1.12 bits per heavy atom. The summed E-state index contributed by atoms with van der Waals surface area (Å²) in [5, 5.41) is 9.89. The number of methoxy groups -OCH3 is 1. The van der Waals surface area contributed by atoms with Crippen molar-refractivity contribution in [2.75, 3.05) is 38.6 Å². The number of fused-ring (bicyclic) bond motifs is 1. The molecule has 1 aliphatic heterocycles. The van der Waals surface area contributed by atoms with Crippen LogP contribution in [0.25, 0.3) is 0 Å². The lowest BCUT2D eigenvalue weighted by Crippen LogP contribution is -2.47. The van der Waals surface area contributed by atoms with Crippen LogP contribution < -0.4 is 14.2 Å². The smallest absolute Gasteiger partial charge is 0.261 e. The molecule has 3 atom stereocenters. The number of benzene rings is 3. The molecule has 0 saturated carbocycles. The van der Waals surface area contributed by atoms with Crippen molar-refractivity contribution in [1.29, 1.82) is 0 Å². The van der Waals surface area contributed by atoms with Crippen molar-refractivity contribution in [2.24, 2.45) is 5.92 Å². The molecule has 1 heterocycles. The molecule has 4 rings (SSSR count). The number of aliphatic hydroxyl groups is 1. The number of aliphatic hydroxyl groups excluding tert-OH is 1. The number of anilines is 1. The van der Waals surface area contributed by atoms with E-state index in [2.05, 4.69) is 21.8 Å². The first-order chi connectivity index (χ1) is 19.6. The van der Waals surface area contributed by atoms with Gasteiger partial charge in [-0.3, -0.25) is 14.4 Å². The van der Waals surface area contributed by atoms with E-state index in [-0.39, 0.29) is 41.9 Å². The van der Waals surface area contributed by atoms with Crippen molar-refractivity contribution in [2.45, 2.75) is 43.9 Å². The zero-order valence-corrected chi connectivity index (χ0v) is 24.8. The molecule has 10 heteroatoms. The normalized spacial score (nSPS) is 18.5. The molecule has 1 amide bonds. The zero-order valence-electron chi connectivity index (χ0n) is 24.0. The molecule has 220 valence electrons. The van der Waals surface area contributed by atoms with E-state index in [4.69, 9.17) is 9.47 Å². The van der Waals surface area contributed by atoms with Gasteiger partial charge in [0.15, 0.2) is 0 Å². The molecule has 0 aliphatic carbocycles. The van der Waals surface area contributed by atoms with Crippen molar-refractivity contribution in [1.82, 2.24) is 9.80 Å². The summed E-state index contributed by atoms with van der Waals surface area (Å²) in [4.78, 5) is 17.4. The van der Waals surface area contributed by atoms with Gasteiger partial charge < -0.3 is 19.5 Å². The Morgan fingerprint density at radius 2 is 1.83 bits per heavy atom. The fraction of sp³-hybridized carbons (Fsp3) is 0.387.